The van der Waals surface area contributed by atoms with E-state index in [4.69, 9.17) is 16.3 Å². The first-order chi connectivity index (χ1) is 10.7. The third-order valence-electron chi connectivity index (χ3n) is 4.96. The zero-order valence-electron chi connectivity index (χ0n) is 12.3. The molecule has 0 spiro atoms. The number of hydrogen-bond donors (Lipinski definition) is 1. The molecular formula is C15H19ClN4O2. The Morgan fingerprint density at radius 2 is 2.09 bits per heavy atom. The van der Waals surface area contributed by atoms with Gasteiger partial charge in [0, 0.05) is 19.6 Å². The van der Waals surface area contributed by atoms with Gasteiger partial charge in [0.1, 0.15) is 0 Å². The molecule has 4 rings (SSSR count). The van der Waals surface area contributed by atoms with Crippen molar-refractivity contribution >= 4 is 23.5 Å². The zero-order chi connectivity index (χ0) is 15.1. The lowest BCUT2D eigenvalue weighted by Crippen LogP contribution is -2.29. The number of carbonyl (C=O) groups excluding carboxylic acids is 1. The maximum Gasteiger partial charge on any atom is 0.271 e. The summed E-state index contributed by atoms with van der Waals surface area (Å²) < 4.78 is 5.36. The van der Waals surface area contributed by atoms with Crippen LogP contribution in [0.15, 0.2) is 6.20 Å². The Kier molecular flexibility index (Phi) is 3.66. The largest absolute Gasteiger partial charge is 0.381 e. The molecule has 2 unspecified atom stereocenters. The van der Waals surface area contributed by atoms with Crippen molar-refractivity contribution in [1.82, 2.24) is 15.3 Å². The third kappa shape index (κ3) is 2.54. The molecule has 1 amide bonds. The van der Waals surface area contributed by atoms with Crippen LogP contribution >= 0.6 is 11.6 Å². The molecule has 118 valence electrons. The Morgan fingerprint density at radius 1 is 1.36 bits per heavy atom. The topological polar surface area (TPSA) is 67.3 Å². The van der Waals surface area contributed by atoms with Gasteiger partial charge in [-0.25, -0.2) is 9.97 Å². The molecule has 22 heavy (non-hydrogen) atoms. The van der Waals surface area contributed by atoms with Gasteiger partial charge in [-0.15, -0.1) is 0 Å². The Hall–Kier alpha value is -1.40. The lowest BCUT2D eigenvalue weighted by molar-refractivity contribution is 0.0938. The molecule has 3 heterocycles. The minimum Gasteiger partial charge on any atom is -0.381 e. The van der Waals surface area contributed by atoms with Crippen molar-refractivity contribution in [1.29, 1.82) is 0 Å². The minimum atomic E-state index is -0.210. The summed E-state index contributed by atoms with van der Waals surface area (Å²) >= 11 is 6.10. The zero-order valence-corrected chi connectivity index (χ0v) is 13.1. The van der Waals surface area contributed by atoms with Crippen molar-refractivity contribution in [2.24, 2.45) is 17.8 Å². The Balaban J connectivity index is 1.41. The number of nitrogens with zero attached hydrogens (tertiary/aromatic N) is 3. The highest BCUT2D eigenvalue weighted by Gasteiger charge is 2.53. The average Bonchev–Trinajstić information content (AvgIpc) is 2.98. The SMILES string of the molecule is O=C(NCC1C2COCC12)c1nc(N2CCCC2)ncc1Cl. The van der Waals surface area contributed by atoms with E-state index in [0.717, 1.165) is 39.1 Å². The van der Waals surface area contributed by atoms with E-state index in [1.165, 1.54) is 6.20 Å². The maximum atomic E-state index is 12.3. The summed E-state index contributed by atoms with van der Waals surface area (Å²) in [6.07, 6.45) is 3.80. The molecule has 3 aliphatic rings. The van der Waals surface area contributed by atoms with Crippen LogP contribution in [0.25, 0.3) is 0 Å². The molecule has 1 aliphatic carbocycles. The van der Waals surface area contributed by atoms with Gasteiger partial charge in [0.15, 0.2) is 5.69 Å². The standard InChI is InChI=1S/C15H19ClN4O2/c16-12-6-18-15(20-3-1-2-4-20)19-13(12)14(21)17-5-9-10-7-22-8-11(9)10/h6,9-11H,1-5,7-8H2,(H,17,21). The molecule has 7 heteroatoms. The summed E-state index contributed by atoms with van der Waals surface area (Å²) in [6.45, 7) is 4.22. The van der Waals surface area contributed by atoms with Gasteiger partial charge in [-0.2, -0.15) is 0 Å². The molecule has 1 aromatic heterocycles. The first-order valence-corrected chi connectivity index (χ1v) is 8.25. The summed E-state index contributed by atoms with van der Waals surface area (Å²) in [4.78, 5) is 23.1. The lowest BCUT2D eigenvalue weighted by Gasteiger charge is -2.16. The van der Waals surface area contributed by atoms with E-state index < -0.39 is 0 Å². The van der Waals surface area contributed by atoms with Crippen molar-refractivity contribution in [2.45, 2.75) is 12.8 Å². The average molecular weight is 323 g/mol. The predicted octanol–water partition coefficient (Wildman–Crippen LogP) is 1.35. The number of halogens is 1. The molecule has 2 atom stereocenters. The summed E-state index contributed by atoms with van der Waals surface area (Å²) in [6, 6.07) is 0. The number of nitrogens with one attached hydrogen (secondary N) is 1. The molecule has 2 aliphatic heterocycles. The monoisotopic (exact) mass is 322 g/mol. The quantitative estimate of drug-likeness (QED) is 0.906. The van der Waals surface area contributed by atoms with E-state index in [1.807, 2.05) is 0 Å². The molecule has 0 aromatic carbocycles. The van der Waals surface area contributed by atoms with Crippen LogP contribution in [0, 0.1) is 17.8 Å². The van der Waals surface area contributed by atoms with Crippen LogP contribution in [0.2, 0.25) is 5.02 Å². The van der Waals surface area contributed by atoms with E-state index in [1.54, 1.807) is 0 Å². The van der Waals surface area contributed by atoms with Crippen LogP contribution in [0.4, 0.5) is 5.95 Å². The van der Waals surface area contributed by atoms with Crippen molar-refractivity contribution in [3.8, 4) is 0 Å². The molecule has 1 N–H and O–H groups in total. The summed E-state index contributed by atoms with van der Waals surface area (Å²) in [5.41, 5.74) is 0.278. The highest BCUT2D eigenvalue weighted by molar-refractivity contribution is 6.33. The first kappa shape index (κ1) is 14.2. The second-order valence-corrected chi connectivity index (χ2v) is 6.71. The van der Waals surface area contributed by atoms with Gasteiger partial charge in [0.05, 0.1) is 24.4 Å². The summed E-state index contributed by atoms with van der Waals surface area (Å²) in [7, 11) is 0. The third-order valence-corrected chi connectivity index (χ3v) is 5.24. The van der Waals surface area contributed by atoms with E-state index in [9.17, 15) is 4.79 Å². The normalized spacial score (nSPS) is 29.5. The van der Waals surface area contributed by atoms with E-state index in [2.05, 4.69) is 20.2 Å². The number of hydrogen-bond acceptors (Lipinski definition) is 5. The fourth-order valence-corrected chi connectivity index (χ4v) is 3.72. The molecule has 0 bridgehead atoms. The van der Waals surface area contributed by atoms with Gasteiger partial charge in [-0.05, 0) is 30.6 Å². The van der Waals surface area contributed by atoms with Crippen molar-refractivity contribution in [3.05, 3.63) is 16.9 Å². The minimum absolute atomic E-state index is 0.210. The van der Waals surface area contributed by atoms with Gasteiger partial charge >= 0.3 is 0 Å². The van der Waals surface area contributed by atoms with Crippen molar-refractivity contribution in [3.63, 3.8) is 0 Å². The first-order valence-electron chi connectivity index (χ1n) is 7.87. The van der Waals surface area contributed by atoms with Crippen LogP contribution < -0.4 is 10.2 Å². The highest BCUT2D eigenvalue weighted by Crippen LogP contribution is 2.50. The van der Waals surface area contributed by atoms with Gasteiger partial charge in [-0.1, -0.05) is 11.6 Å². The van der Waals surface area contributed by atoms with Gasteiger partial charge < -0.3 is 15.0 Å². The van der Waals surface area contributed by atoms with Crippen LogP contribution in [0.5, 0.6) is 0 Å². The van der Waals surface area contributed by atoms with Crippen LogP contribution in [-0.4, -0.2) is 48.7 Å². The molecule has 1 aromatic rings. The lowest BCUT2D eigenvalue weighted by atomic mass is 10.3. The maximum absolute atomic E-state index is 12.3. The number of anilines is 1. The van der Waals surface area contributed by atoms with E-state index in [0.29, 0.717) is 35.3 Å². The van der Waals surface area contributed by atoms with Crippen LogP contribution in [0.1, 0.15) is 23.3 Å². The Bertz CT molecular complexity index is 581. The smallest absolute Gasteiger partial charge is 0.271 e. The predicted molar refractivity (Wildman–Crippen MR) is 82.1 cm³/mol. The second-order valence-electron chi connectivity index (χ2n) is 6.30. The Labute approximate surface area is 134 Å². The number of fused-ring (bicyclic) bond motifs is 1. The number of ether oxygens (including phenoxy) is 1. The summed E-state index contributed by atoms with van der Waals surface area (Å²) in [5, 5.41) is 3.27. The number of aromatic nitrogens is 2. The van der Waals surface area contributed by atoms with Gasteiger partial charge in [-0.3, -0.25) is 4.79 Å². The fraction of sp³-hybridized carbons (Fsp3) is 0.667. The fourth-order valence-electron chi connectivity index (χ4n) is 3.54. The second kappa shape index (κ2) is 5.66. The molecule has 0 radical (unpaired) electrons. The number of rotatable bonds is 4. The Morgan fingerprint density at radius 3 is 2.82 bits per heavy atom. The van der Waals surface area contributed by atoms with Gasteiger partial charge in [0.2, 0.25) is 5.95 Å². The van der Waals surface area contributed by atoms with Crippen LogP contribution in [-0.2, 0) is 4.74 Å². The van der Waals surface area contributed by atoms with E-state index >= 15 is 0 Å². The molecule has 1 saturated carbocycles. The molecule has 2 saturated heterocycles. The van der Waals surface area contributed by atoms with Crippen molar-refractivity contribution < 1.29 is 9.53 Å². The summed E-state index contributed by atoms with van der Waals surface area (Å²) in [5.74, 6) is 2.20. The van der Waals surface area contributed by atoms with Gasteiger partial charge in [0.25, 0.3) is 5.91 Å². The number of carbonyl (C=O) groups is 1. The highest BCUT2D eigenvalue weighted by atomic mass is 35.5. The van der Waals surface area contributed by atoms with Crippen molar-refractivity contribution in [2.75, 3.05) is 37.7 Å². The molecule has 3 fully saturated rings. The van der Waals surface area contributed by atoms with Crippen LogP contribution in [0.3, 0.4) is 0 Å². The van der Waals surface area contributed by atoms with E-state index in [-0.39, 0.29) is 11.6 Å². The number of amides is 1. The molecular weight excluding hydrogens is 304 g/mol. The molecule has 6 nitrogen and oxygen atoms in total.